The molecule has 0 saturated carbocycles. The van der Waals surface area contributed by atoms with Crippen LogP contribution < -0.4 is 5.32 Å². The van der Waals surface area contributed by atoms with E-state index in [1.54, 1.807) is 30.0 Å². The van der Waals surface area contributed by atoms with E-state index in [1.165, 1.54) is 6.07 Å². The number of hydrogen-bond donors (Lipinski definition) is 2. The second-order valence-electron chi connectivity index (χ2n) is 7.94. The van der Waals surface area contributed by atoms with Gasteiger partial charge in [-0.1, -0.05) is 18.2 Å². The number of amides is 2. The molecule has 2 aromatic rings. The Hall–Kier alpha value is -2.81. The standard InChI is InChI=1S/C21H26FN5O3/c1-13-23-20(26-25-13)18-11-16(24-21(29)14-6-8-30-9-7-14)12-27(18)19(28)10-15-4-2-3-5-17(15)22/h2-5,14,16,18H,6-12H2,1H3,(H,24,29)(H,23,25,26)/t16-,18-/m0/s1. The largest absolute Gasteiger partial charge is 0.381 e. The molecule has 0 spiro atoms. The number of halogens is 1. The van der Waals surface area contributed by atoms with Crippen molar-refractivity contribution in [2.24, 2.45) is 5.92 Å². The fraction of sp³-hybridized carbons (Fsp3) is 0.524. The Morgan fingerprint density at radius 2 is 2.07 bits per heavy atom. The first kappa shape index (κ1) is 20.5. The van der Waals surface area contributed by atoms with Crippen molar-refractivity contribution in [2.75, 3.05) is 19.8 Å². The van der Waals surface area contributed by atoms with E-state index in [4.69, 9.17) is 4.74 Å². The molecule has 8 nitrogen and oxygen atoms in total. The highest BCUT2D eigenvalue weighted by molar-refractivity contribution is 5.81. The van der Waals surface area contributed by atoms with Crippen LogP contribution in [0, 0.1) is 18.7 Å². The first-order valence-corrected chi connectivity index (χ1v) is 10.3. The van der Waals surface area contributed by atoms with E-state index in [2.05, 4.69) is 20.5 Å². The van der Waals surface area contributed by atoms with Crippen LogP contribution in [0.3, 0.4) is 0 Å². The number of carbonyl (C=O) groups excluding carboxylic acids is 2. The molecule has 2 aliphatic heterocycles. The molecule has 0 bridgehead atoms. The Balaban J connectivity index is 1.48. The molecule has 2 fully saturated rings. The number of aryl methyl sites for hydroxylation is 1. The van der Waals surface area contributed by atoms with Gasteiger partial charge in [0.15, 0.2) is 5.82 Å². The van der Waals surface area contributed by atoms with Gasteiger partial charge in [0, 0.05) is 31.7 Å². The van der Waals surface area contributed by atoms with Crippen LogP contribution in [-0.4, -0.2) is 57.7 Å². The number of rotatable bonds is 5. The Morgan fingerprint density at radius 1 is 1.30 bits per heavy atom. The zero-order valence-corrected chi connectivity index (χ0v) is 16.9. The zero-order chi connectivity index (χ0) is 21.1. The summed E-state index contributed by atoms with van der Waals surface area (Å²) in [7, 11) is 0. The molecule has 2 atom stereocenters. The molecule has 0 unspecified atom stereocenters. The summed E-state index contributed by atoms with van der Waals surface area (Å²) in [4.78, 5) is 31.8. The van der Waals surface area contributed by atoms with Gasteiger partial charge in [-0.3, -0.25) is 14.7 Å². The third kappa shape index (κ3) is 4.51. The van der Waals surface area contributed by atoms with Gasteiger partial charge in [-0.25, -0.2) is 9.37 Å². The van der Waals surface area contributed by atoms with E-state index >= 15 is 0 Å². The molecule has 0 aliphatic carbocycles. The van der Waals surface area contributed by atoms with Gasteiger partial charge in [-0.15, -0.1) is 0 Å². The monoisotopic (exact) mass is 415 g/mol. The van der Waals surface area contributed by atoms with Crippen molar-refractivity contribution in [1.29, 1.82) is 0 Å². The number of benzene rings is 1. The number of ether oxygens (including phenoxy) is 1. The number of aromatic amines is 1. The van der Waals surface area contributed by atoms with Crippen LogP contribution in [-0.2, 0) is 20.7 Å². The highest BCUT2D eigenvalue weighted by Gasteiger charge is 2.39. The van der Waals surface area contributed by atoms with Crippen LogP contribution in [0.5, 0.6) is 0 Å². The summed E-state index contributed by atoms with van der Waals surface area (Å²) >= 11 is 0. The summed E-state index contributed by atoms with van der Waals surface area (Å²) in [5.74, 6) is 0.483. The number of nitrogens with zero attached hydrogens (tertiary/aromatic N) is 3. The Morgan fingerprint density at radius 3 is 2.77 bits per heavy atom. The predicted octanol–water partition coefficient (Wildman–Crippen LogP) is 1.68. The fourth-order valence-electron chi connectivity index (χ4n) is 4.16. The number of carbonyl (C=O) groups is 2. The number of H-pyrrole nitrogens is 1. The summed E-state index contributed by atoms with van der Waals surface area (Å²) in [6.07, 6.45) is 1.89. The maximum Gasteiger partial charge on any atom is 0.227 e. The fourth-order valence-corrected chi connectivity index (χ4v) is 4.16. The van der Waals surface area contributed by atoms with Crippen molar-refractivity contribution in [3.05, 3.63) is 47.3 Å². The van der Waals surface area contributed by atoms with Crippen molar-refractivity contribution in [3.8, 4) is 0 Å². The van der Waals surface area contributed by atoms with Crippen molar-refractivity contribution < 1.29 is 18.7 Å². The Bertz CT molecular complexity index is 912. The van der Waals surface area contributed by atoms with Gasteiger partial charge in [-0.05, 0) is 37.8 Å². The molecule has 2 aliphatic rings. The number of nitrogens with one attached hydrogen (secondary N) is 2. The van der Waals surface area contributed by atoms with E-state index in [0.717, 1.165) is 0 Å². The van der Waals surface area contributed by atoms with E-state index in [1.807, 2.05) is 0 Å². The number of hydrogen-bond acceptors (Lipinski definition) is 5. The average Bonchev–Trinajstić information content (AvgIpc) is 3.36. The molecule has 9 heteroatoms. The van der Waals surface area contributed by atoms with Gasteiger partial charge in [-0.2, -0.15) is 5.10 Å². The second kappa shape index (κ2) is 8.91. The topological polar surface area (TPSA) is 100 Å². The lowest BCUT2D eigenvalue weighted by Gasteiger charge is -2.24. The van der Waals surface area contributed by atoms with Crippen LogP contribution in [0.1, 0.15) is 42.5 Å². The van der Waals surface area contributed by atoms with E-state index in [9.17, 15) is 14.0 Å². The number of likely N-dealkylation sites (tertiary alicyclic amines) is 1. The average molecular weight is 415 g/mol. The molecular formula is C21H26FN5O3. The van der Waals surface area contributed by atoms with Crippen molar-refractivity contribution in [3.63, 3.8) is 0 Å². The van der Waals surface area contributed by atoms with Crippen molar-refractivity contribution >= 4 is 11.8 Å². The molecule has 1 aromatic carbocycles. The van der Waals surface area contributed by atoms with E-state index in [0.29, 0.717) is 56.2 Å². The minimum Gasteiger partial charge on any atom is -0.381 e. The summed E-state index contributed by atoms with van der Waals surface area (Å²) in [5.41, 5.74) is 0.349. The maximum atomic E-state index is 14.0. The van der Waals surface area contributed by atoms with Gasteiger partial charge in [0.05, 0.1) is 12.5 Å². The lowest BCUT2D eigenvalue weighted by molar-refractivity contribution is -0.132. The lowest BCUT2D eigenvalue weighted by Crippen LogP contribution is -2.42. The molecule has 4 rings (SSSR count). The van der Waals surface area contributed by atoms with Gasteiger partial charge >= 0.3 is 0 Å². The predicted molar refractivity (Wildman–Crippen MR) is 106 cm³/mol. The summed E-state index contributed by atoms with van der Waals surface area (Å²) in [5, 5.41) is 10.1. The molecule has 1 aromatic heterocycles. The van der Waals surface area contributed by atoms with Crippen LogP contribution in [0.15, 0.2) is 24.3 Å². The van der Waals surface area contributed by atoms with Crippen LogP contribution in [0.4, 0.5) is 4.39 Å². The van der Waals surface area contributed by atoms with Gasteiger partial charge in [0.1, 0.15) is 11.6 Å². The lowest BCUT2D eigenvalue weighted by atomic mass is 9.99. The first-order chi connectivity index (χ1) is 14.5. The van der Waals surface area contributed by atoms with Gasteiger partial charge in [0.2, 0.25) is 11.8 Å². The molecular weight excluding hydrogens is 389 g/mol. The van der Waals surface area contributed by atoms with Crippen LogP contribution in [0.25, 0.3) is 0 Å². The number of aromatic nitrogens is 3. The smallest absolute Gasteiger partial charge is 0.227 e. The summed E-state index contributed by atoms with van der Waals surface area (Å²) in [6.45, 7) is 3.33. The normalized spacial score (nSPS) is 22.3. The second-order valence-corrected chi connectivity index (χ2v) is 7.94. The molecule has 0 radical (unpaired) electrons. The molecule has 160 valence electrons. The highest BCUT2D eigenvalue weighted by Crippen LogP contribution is 2.31. The molecule has 2 saturated heterocycles. The molecule has 2 amide bonds. The Kier molecular flexibility index (Phi) is 6.08. The minimum absolute atomic E-state index is 0.00313. The van der Waals surface area contributed by atoms with Crippen molar-refractivity contribution in [2.45, 2.75) is 44.7 Å². The highest BCUT2D eigenvalue weighted by atomic mass is 19.1. The summed E-state index contributed by atoms with van der Waals surface area (Å²) < 4.78 is 19.4. The Labute approximate surface area is 174 Å². The quantitative estimate of drug-likeness (QED) is 0.774. The van der Waals surface area contributed by atoms with Gasteiger partial charge in [0.25, 0.3) is 0 Å². The molecule has 2 N–H and O–H groups in total. The molecule has 30 heavy (non-hydrogen) atoms. The first-order valence-electron chi connectivity index (χ1n) is 10.3. The van der Waals surface area contributed by atoms with Crippen molar-refractivity contribution in [1.82, 2.24) is 25.4 Å². The maximum absolute atomic E-state index is 14.0. The minimum atomic E-state index is -0.403. The SMILES string of the molecule is Cc1nc([C@@H]2C[C@H](NC(=O)C3CCOCC3)CN2C(=O)Cc2ccccc2F)n[nH]1. The zero-order valence-electron chi connectivity index (χ0n) is 16.9. The summed E-state index contributed by atoms with van der Waals surface area (Å²) in [6, 6.07) is 5.70. The van der Waals surface area contributed by atoms with Gasteiger partial charge < -0.3 is 15.0 Å². The van der Waals surface area contributed by atoms with Crippen LogP contribution >= 0.6 is 0 Å². The van der Waals surface area contributed by atoms with E-state index < -0.39 is 5.82 Å². The molecule has 3 heterocycles. The van der Waals surface area contributed by atoms with Crippen LogP contribution in [0.2, 0.25) is 0 Å². The third-order valence-corrected chi connectivity index (χ3v) is 5.77. The third-order valence-electron chi connectivity index (χ3n) is 5.77. The van der Waals surface area contributed by atoms with E-state index in [-0.39, 0.29) is 36.2 Å².